The monoisotopic (exact) mass is 306 g/mol. The number of aryl methyl sites for hydroxylation is 2. The number of nitrogens with one attached hydrogen (secondary N) is 1. The van der Waals surface area contributed by atoms with Crippen molar-refractivity contribution in [3.8, 4) is 0 Å². The van der Waals surface area contributed by atoms with Crippen LogP contribution in [0.4, 0.5) is 0 Å². The smallest absolute Gasteiger partial charge is 0.115 e. The molecular weight excluding hydrogens is 288 g/mol. The fraction of sp³-hybridized carbons (Fsp3) is 0.312. The molecule has 20 heavy (non-hydrogen) atoms. The lowest BCUT2D eigenvalue weighted by Crippen LogP contribution is -2.19. The number of pyridine rings is 1. The van der Waals surface area contributed by atoms with Crippen molar-refractivity contribution in [2.24, 2.45) is 0 Å². The van der Waals surface area contributed by atoms with Gasteiger partial charge in [0.15, 0.2) is 0 Å². The SMILES string of the molecule is CNC(CSc1ncccc1Cl)c1ccc(C)cc1C. The van der Waals surface area contributed by atoms with Crippen LogP contribution >= 0.6 is 23.4 Å². The van der Waals surface area contributed by atoms with Crippen molar-refractivity contribution >= 4 is 23.4 Å². The Morgan fingerprint density at radius 1 is 1.30 bits per heavy atom. The van der Waals surface area contributed by atoms with Crippen LogP contribution in [0.3, 0.4) is 0 Å². The van der Waals surface area contributed by atoms with Crippen molar-refractivity contribution in [1.82, 2.24) is 10.3 Å². The van der Waals surface area contributed by atoms with Crippen molar-refractivity contribution in [1.29, 1.82) is 0 Å². The second kappa shape index (κ2) is 7.11. The van der Waals surface area contributed by atoms with Gasteiger partial charge in [0.25, 0.3) is 0 Å². The highest BCUT2D eigenvalue weighted by Gasteiger charge is 2.13. The Hall–Kier alpha value is -1.03. The van der Waals surface area contributed by atoms with Gasteiger partial charge in [0.2, 0.25) is 0 Å². The van der Waals surface area contributed by atoms with Crippen LogP contribution < -0.4 is 5.32 Å². The summed E-state index contributed by atoms with van der Waals surface area (Å²) >= 11 is 7.83. The largest absolute Gasteiger partial charge is 0.312 e. The second-order valence-corrected chi connectivity index (χ2v) is 6.22. The van der Waals surface area contributed by atoms with E-state index in [2.05, 4.69) is 42.3 Å². The predicted molar refractivity (Wildman–Crippen MR) is 87.7 cm³/mol. The minimum absolute atomic E-state index is 0.290. The molecule has 1 N–H and O–H groups in total. The molecule has 2 rings (SSSR count). The molecule has 0 aliphatic carbocycles. The zero-order valence-corrected chi connectivity index (χ0v) is 13.6. The maximum atomic E-state index is 6.15. The minimum atomic E-state index is 0.290. The number of hydrogen-bond acceptors (Lipinski definition) is 3. The van der Waals surface area contributed by atoms with Gasteiger partial charge in [0, 0.05) is 18.0 Å². The molecule has 106 valence electrons. The summed E-state index contributed by atoms with van der Waals surface area (Å²) in [6.45, 7) is 4.28. The van der Waals surface area contributed by atoms with Gasteiger partial charge in [-0.2, -0.15) is 0 Å². The number of halogens is 1. The van der Waals surface area contributed by atoms with E-state index in [-0.39, 0.29) is 0 Å². The third kappa shape index (κ3) is 3.75. The standard InChI is InChI=1S/C16H19ClN2S/c1-11-6-7-13(12(2)9-11)15(18-3)10-20-16-14(17)5-4-8-19-16/h4-9,15,18H,10H2,1-3H3. The number of nitrogens with zero attached hydrogens (tertiary/aromatic N) is 1. The zero-order valence-electron chi connectivity index (χ0n) is 12.0. The summed E-state index contributed by atoms with van der Waals surface area (Å²) < 4.78 is 0. The molecule has 1 unspecified atom stereocenters. The first kappa shape index (κ1) is 15.4. The summed E-state index contributed by atoms with van der Waals surface area (Å²) in [7, 11) is 1.99. The quantitative estimate of drug-likeness (QED) is 0.829. The van der Waals surface area contributed by atoms with Crippen LogP contribution in [-0.2, 0) is 0 Å². The molecule has 0 aliphatic heterocycles. The Labute approximate surface area is 130 Å². The van der Waals surface area contributed by atoms with Gasteiger partial charge in [0.1, 0.15) is 5.03 Å². The molecule has 2 nitrogen and oxygen atoms in total. The van der Waals surface area contributed by atoms with Gasteiger partial charge in [0.05, 0.1) is 5.02 Å². The average Bonchev–Trinajstić information content (AvgIpc) is 2.43. The van der Waals surface area contributed by atoms with E-state index < -0.39 is 0 Å². The average molecular weight is 307 g/mol. The maximum Gasteiger partial charge on any atom is 0.115 e. The highest BCUT2D eigenvalue weighted by atomic mass is 35.5. The summed E-state index contributed by atoms with van der Waals surface area (Å²) in [6, 6.07) is 10.6. The van der Waals surface area contributed by atoms with Gasteiger partial charge >= 0.3 is 0 Å². The molecule has 1 aromatic carbocycles. The Balaban J connectivity index is 2.11. The molecule has 0 radical (unpaired) electrons. The Morgan fingerprint density at radius 3 is 2.75 bits per heavy atom. The van der Waals surface area contributed by atoms with E-state index in [1.165, 1.54) is 16.7 Å². The topological polar surface area (TPSA) is 24.9 Å². The van der Waals surface area contributed by atoms with Crippen molar-refractivity contribution in [3.63, 3.8) is 0 Å². The Morgan fingerprint density at radius 2 is 2.10 bits per heavy atom. The number of thioether (sulfide) groups is 1. The van der Waals surface area contributed by atoms with E-state index >= 15 is 0 Å². The van der Waals surface area contributed by atoms with Crippen LogP contribution in [0.25, 0.3) is 0 Å². The molecule has 4 heteroatoms. The number of aromatic nitrogens is 1. The van der Waals surface area contributed by atoms with Crippen LogP contribution in [0.2, 0.25) is 5.02 Å². The molecular formula is C16H19ClN2S. The predicted octanol–water partition coefficient (Wildman–Crippen LogP) is 4.40. The Bertz CT molecular complexity index is 586. The molecule has 0 saturated carbocycles. The maximum absolute atomic E-state index is 6.15. The van der Waals surface area contributed by atoms with Crippen LogP contribution in [0.5, 0.6) is 0 Å². The van der Waals surface area contributed by atoms with Crippen LogP contribution in [0, 0.1) is 13.8 Å². The lowest BCUT2D eigenvalue weighted by atomic mass is 10.0. The molecule has 2 aromatic rings. The zero-order chi connectivity index (χ0) is 14.5. The van der Waals surface area contributed by atoms with Crippen molar-refractivity contribution < 1.29 is 0 Å². The van der Waals surface area contributed by atoms with Gasteiger partial charge in [-0.15, -0.1) is 11.8 Å². The van der Waals surface area contributed by atoms with E-state index in [9.17, 15) is 0 Å². The van der Waals surface area contributed by atoms with Gasteiger partial charge in [-0.05, 0) is 44.2 Å². The fourth-order valence-electron chi connectivity index (χ4n) is 2.18. The summed E-state index contributed by atoms with van der Waals surface area (Å²) in [5.41, 5.74) is 3.94. The second-order valence-electron chi connectivity index (χ2n) is 4.80. The summed E-state index contributed by atoms with van der Waals surface area (Å²) in [5.74, 6) is 0.900. The third-order valence-corrected chi connectivity index (χ3v) is 4.78. The fourth-order valence-corrected chi connectivity index (χ4v) is 3.48. The number of hydrogen-bond donors (Lipinski definition) is 1. The van der Waals surface area contributed by atoms with Crippen molar-refractivity contribution in [2.45, 2.75) is 24.9 Å². The summed E-state index contributed by atoms with van der Waals surface area (Å²) in [6.07, 6.45) is 1.78. The molecule has 0 amide bonds. The van der Waals surface area contributed by atoms with Crippen LogP contribution in [0.1, 0.15) is 22.7 Å². The van der Waals surface area contributed by atoms with E-state index in [1.54, 1.807) is 18.0 Å². The lowest BCUT2D eigenvalue weighted by Gasteiger charge is -2.19. The highest BCUT2D eigenvalue weighted by Crippen LogP contribution is 2.29. The van der Waals surface area contributed by atoms with Gasteiger partial charge in [-0.25, -0.2) is 4.98 Å². The van der Waals surface area contributed by atoms with Gasteiger partial charge in [-0.1, -0.05) is 35.4 Å². The van der Waals surface area contributed by atoms with Crippen molar-refractivity contribution in [2.75, 3.05) is 12.8 Å². The van der Waals surface area contributed by atoms with Gasteiger partial charge < -0.3 is 5.32 Å². The lowest BCUT2D eigenvalue weighted by molar-refractivity contribution is 0.657. The van der Waals surface area contributed by atoms with Crippen LogP contribution in [-0.4, -0.2) is 17.8 Å². The molecule has 1 aromatic heterocycles. The first-order valence-electron chi connectivity index (χ1n) is 6.59. The molecule has 0 saturated heterocycles. The first-order valence-corrected chi connectivity index (χ1v) is 7.96. The molecule has 1 heterocycles. The van der Waals surface area contributed by atoms with E-state index in [0.717, 1.165) is 10.8 Å². The molecule has 0 aliphatic rings. The third-order valence-electron chi connectivity index (χ3n) is 3.26. The van der Waals surface area contributed by atoms with Crippen molar-refractivity contribution in [3.05, 3.63) is 58.2 Å². The normalized spacial score (nSPS) is 12.4. The van der Waals surface area contributed by atoms with E-state index in [1.807, 2.05) is 19.2 Å². The van der Waals surface area contributed by atoms with Crippen LogP contribution in [0.15, 0.2) is 41.6 Å². The molecule has 0 fully saturated rings. The first-order chi connectivity index (χ1) is 9.61. The molecule has 0 spiro atoms. The van der Waals surface area contributed by atoms with E-state index in [0.29, 0.717) is 11.1 Å². The highest BCUT2D eigenvalue weighted by molar-refractivity contribution is 7.99. The summed E-state index contributed by atoms with van der Waals surface area (Å²) in [5, 5.41) is 4.98. The Kier molecular flexibility index (Phi) is 5.46. The molecule has 0 bridgehead atoms. The number of rotatable bonds is 5. The van der Waals surface area contributed by atoms with E-state index in [4.69, 9.17) is 11.6 Å². The minimum Gasteiger partial charge on any atom is -0.312 e. The summed E-state index contributed by atoms with van der Waals surface area (Å²) in [4.78, 5) is 4.32. The molecule has 1 atom stereocenters. The van der Waals surface area contributed by atoms with Gasteiger partial charge in [-0.3, -0.25) is 0 Å². The number of benzene rings is 1.